The third kappa shape index (κ3) is 10.1. The van der Waals surface area contributed by atoms with Gasteiger partial charge >= 0.3 is 56.7 Å². The van der Waals surface area contributed by atoms with Crippen molar-refractivity contribution in [3.8, 4) is 0 Å². The molecule has 0 aliphatic carbocycles. The Bertz CT molecular complexity index is 1740. The summed E-state index contributed by atoms with van der Waals surface area (Å²) >= 11 is 1.14. The van der Waals surface area contributed by atoms with Crippen LogP contribution in [0.5, 0.6) is 0 Å². The minimum absolute atomic E-state index is 0. The van der Waals surface area contributed by atoms with Crippen LogP contribution in [0.2, 0.25) is 0 Å². The first-order valence-corrected chi connectivity index (χ1v) is 25.2. The van der Waals surface area contributed by atoms with Crippen LogP contribution in [0.3, 0.4) is 0 Å². The van der Waals surface area contributed by atoms with Gasteiger partial charge in [0, 0.05) is 58.0 Å². The molecule has 0 saturated heterocycles. The number of hydrogen-bond donors (Lipinski definition) is 0. The van der Waals surface area contributed by atoms with Gasteiger partial charge in [0.25, 0.3) is 0 Å². The molecule has 6 aromatic carbocycles. The molecule has 0 N–H and O–H groups in total. The molecule has 0 unspecified atom stereocenters. The van der Waals surface area contributed by atoms with Crippen molar-refractivity contribution in [3.05, 3.63) is 190 Å². The standard InChI is InChI=1S/C37H31O3P3.C2H2.CH.2ClH.2Sb.Zr.H/c38-41(31-19-7-1-8-20-31,32-21-9-2-10-22-32)37(42(39,33-23-11-3-12-24-33)34-25-13-4-14-26-34)43(40,35-27-15-5-16-28-35)36-29-17-6-18-30-36;1-2;;;;;;;/h1-30,37H;1-2H;3*1H;;;;/q;;-1;;;;;;. The first-order valence-electron chi connectivity index (χ1n) is 15.3. The van der Waals surface area contributed by atoms with Crippen molar-refractivity contribution in [3.63, 3.8) is 0 Å². The molecule has 0 amide bonds. The Kier molecular flexibility index (Phi) is 20.0. The summed E-state index contributed by atoms with van der Waals surface area (Å²) in [5.41, 5.74) is 0. The quantitative estimate of drug-likeness (QED) is 0.0812. The van der Waals surface area contributed by atoms with Crippen LogP contribution >= 0.6 is 46.2 Å². The van der Waals surface area contributed by atoms with E-state index in [1.807, 2.05) is 182 Å². The van der Waals surface area contributed by atoms with E-state index in [-0.39, 0.29) is 72.2 Å². The van der Waals surface area contributed by atoms with E-state index >= 15 is 13.7 Å². The van der Waals surface area contributed by atoms with Gasteiger partial charge in [-0.25, -0.2) is 0 Å². The minimum atomic E-state index is -3.97. The molecule has 259 valence electrons. The molecule has 0 spiro atoms. The monoisotopic (exact) mass is 1060 g/mol. The van der Waals surface area contributed by atoms with Crippen molar-refractivity contribution < 1.29 is 39.9 Å². The molecule has 0 aromatic heterocycles. The van der Waals surface area contributed by atoms with Gasteiger partial charge in [0.15, 0.2) is 21.4 Å². The van der Waals surface area contributed by atoms with E-state index in [9.17, 15) is 0 Å². The van der Waals surface area contributed by atoms with E-state index < -0.39 is 26.6 Å². The molecule has 6 aromatic rings. The summed E-state index contributed by atoms with van der Waals surface area (Å²) < 4.78 is 59.1. The van der Waals surface area contributed by atoms with Crippen LogP contribution in [-0.2, 0) is 39.9 Å². The van der Waals surface area contributed by atoms with Crippen LogP contribution in [0, 0.1) is 0 Å². The second-order valence-electron chi connectivity index (χ2n) is 10.8. The molecule has 0 heterocycles. The van der Waals surface area contributed by atoms with E-state index in [1.165, 1.54) is 23.0 Å². The largest absolute Gasteiger partial charge is 0 e. The van der Waals surface area contributed by atoms with E-state index in [2.05, 4.69) is 8.05 Å². The summed E-state index contributed by atoms with van der Waals surface area (Å²) in [6, 6.07) is 55.2. The molecule has 0 aliphatic rings. The van der Waals surface area contributed by atoms with Gasteiger partial charge in [-0.2, -0.15) is 0 Å². The molecule has 0 atom stereocenters. The van der Waals surface area contributed by atoms with Gasteiger partial charge in [-0.1, -0.05) is 182 Å². The van der Waals surface area contributed by atoms with Crippen molar-refractivity contribution in [2.24, 2.45) is 0 Å². The SMILES string of the molecule is Cl.Cl.O=P(c1ccccc1)(c1ccccc1)C(P(=O)(c1ccccc1)c1ccccc1)P(=O)(c1ccccc1)c1ccccc1.[CH-]=[Sb][CH]=[CH][SbH].[Zr]. The molecule has 6 rings (SSSR count). The van der Waals surface area contributed by atoms with Gasteiger partial charge in [-0.3, -0.25) is 0 Å². The maximum absolute atomic E-state index is 16.6. The Morgan fingerprint density at radius 2 is 0.608 bits per heavy atom. The van der Waals surface area contributed by atoms with E-state index in [0.29, 0.717) is 31.8 Å². The van der Waals surface area contributed by atoms with E-state index in [1.54, 1.807) is 0 Å². The molecule has 0 bridgehead atoms. The van der Waals surface area contributed by atoms with Crippen molar-refractivity contribution in [2.45, 2.75) is 5.14 Å². The minimum Gasteiger partial charge on any atom is 0 e. The summed E-state index contributed by atoms with van der Waals surface area (Å²) in [5.74, 6) is 0. The Morgan fingerprint density at radius 1 is 0.431 bits per heavy atom. The van der Waals surface area contributed by atoms with Gasteiger partial charge in [0.1, 0.15) is 5.14 Å². The summed E-state index contributed by atoms with van der Waals surface area (Å²) in [6.45, 7) is 0. The Hall–Kier alpha value is -1.28. The predicted molar refractivity (Wildman–Crippen MR) is 226 cm³/mol. The Morgan fingerprint density at radius 3 is 0.725 bits per heavy atom. The molecule has 1 radical (unpaired) electrons. The van der Waals surface area contributed by atoms with Gasteiger partial charge in [-0.05, 0) is 0 Å². The van der Waals surface area contributed by atoms with Crippen LogP contribution < -0.4 is 31.8 Å². The van der Waals surface area contributed by atoms with E-state index in [0.717, 1.165) is 0 Å². The van der Waals surface area contributed by atoms with Crippen molar-refractivity contribution in [2.75, 3.05) is 0 Å². The molecule has 0 aliphatic heterocycles. The number of halogens is 2. The van der Waals surface area contributed by atoms with Crippen molar-refractivity contribution >= 4 is 127 Å². The number of rotatable bonds is 10. The zero-order valence-electron chi connectivity index (χ0n) is 27.5. The number of benzene rings is 6. The third-order valence-corrected chi connectivity index (χ3v) is 25.9. The zero-order valence-corrected chi connectivity index (χ0v) is 39.6. The molecular weight excluding hydrogens is 1030 g/mol. The van der Waals surface area contributed by atoms with Crippen LogP contribution in [0.1, 0.15) is 0 Å². The normalized spacial score (nSPS) is 11.2. The number of hydrogen-bond acceptors (Lipinski definition) is 3. The van der Waals surface area contributed by atoms with Crippen LogP contribution in [-0.4, -0.2) is 53.8 Å². The molecule has 51 heavy (non-hydrogen) atoms. The maximum atomic E-state index is 16.6. The Balaban J connectivity index is 0.00000106. The molecule has 0 saturated carbocycles. The fourth-order valence-electron chi connectivity index (χ4n) is 5.87. The summed E-state index contributed by atoms with van der Waals surface area (Å²) in [6.07, 6.45) is 0. The summed E-state index contributed by atoms with van der Waals surface area (Å²) in [7, 11) is -11.9. The van der Waals surface area contributed by atoms with Crippen LogP contribution in [0.25, 0.3) is 0 Å². The average Bonchev–Trinajstić information content (AvgIpc) is 3.17. The van der Waals surface area contributed by atoms with Gasteiger partial charge < -0.3 is 13.7 Å². The maximum Gasteiger partial charge on any atom is 0 e. The van der Waals surface area contributed by atoms with Crippen LogP contribution in [0.15, 0.2) is 190 Å². The Labute approximate surface area is 357 Å². The van der Waals surface area contributed by atoms with Crippen LogP contribution in [0.4, 0.5) is 0 Å². The van der Waals surface area contributed by atoms with Gasteiger partial charge in [-0.15, -0.1) is 24.8 Å². The summed E-state index contributed by atoms with van der Waals surface area (Å²) in [5, 5.41) is 1.80. The average molecular weight is 1060 g/mol. The predicted octanol–water partition coefficient (Wildman–Crippen LogP) is 7.53. The third-order valence-electron chi connectivity index (χ3n) is 7.97. The molecule has 11 heteroatoms. The molecule has 3 nitrogen and oxygen atoms in total. The van der Waals surface area contributed by atoms with Gasteiger partial charge in [0.2, 0.25) is 0 Å². The van der Waals surface area contributed by atoms with Gasteiger partial charge in [0.05, 0.1) is 0 Å². The zero-order chi connectivity index (χ0) is 33.9. The first-order chi connectivity index (χ1) is 23.4. The molecule has 0 fully saturated rings. The smallest absolute Gasteiger partial charge is 0 e. The second kappa shape index (κ2) is 22.2. The van der Waals surface area contributed by atoms with E-state index in [4.69, 9.17) is 4.45 Å². The van der Waals surface area contributed by atoms with Crippen molar-refractivity contribution in [1.29, 1.82) is 0 Å². The van der Waals surface area contributed by atoms with Crippen molar-refractivity contribution in [1.82, 2.24) is 0 Å². The molecular formula is C40H37Cl2O3P3Sb2Zr-. The fourth-order valence-corrected chi connectivity index (χ4v) is 24.2. The first kappa shape index (κ1) is 45.9. The fraction of sp³-hybridized carbons (Fsp3) is 0.0250. The topological polar surface area (TPSA) is 51.2 Å². The summed E-state index contributed by atoms with van der Waals surface area (Å²) in [4.78, 5) is 0. The second-order valence-corrected chi connectivity index (χ2v) is 23.3.